The maximum atomic E-state index is 12.6. The molecule has 0 spiro atoms. The summed E-state index contributed by atoms with van der Waals surface area (Å²) in [4.78, 5) is 28.6. The molecular formula is C16H17Cl2N3O2. The number of aromatic nitrogens is 2. The number of benzene rings is 1. The van der Waals surface area contributed by atoms with Gasteiger partial charge in [0.05, 0.1) is 10.0 Å². The molecule has 0 saturated heterocycles. The van der Waals surface area contributed by atoms with Gasteiger partial charge in [-0.1, -0.05) is 30.1 Å². The Hall–Kier alpha value is -1.85. The second-order valence-electron chi connectivity index (χ2n) is 5.23. The Balaban J connectivity index is 2.32. The maximum absolute atomic E-state index is 12.6. The van der Waals surface area contributed by atoms with Crippen LogP contribution in [0.25, 0.3) is 0 Å². The molecule has 0 radical (unpaired) electrons. The highest BCUT2D eigenvalue weighted by Crippen LogP contribution is 2.25. The summed E-state index contributed by atoms with van der Waals surface area (Å²) in [6.07, 6.45) is 0.457. The maximum Gasteiger partial charge on any atom is 0.348 e. The zero-order chi connectivity index (χ0) is 17.1. The van der Waals surface area contributed by atoms with Crippen molar-refractivity contribution < 1.29 is 4.79 Å². The van der Waals surface area contributed by atoms with E-state index in [4.69, 9.17) is 23.2 Å². The molecule has 0 aliphatic heterocycles. The van der Waals surface area contributed by atoms with Crippen molar-refractivity contribution in [1.29, 1.82) is 0 Å². The van der Waals surface area contributed by atoms with Gasteiger partial charge >= 0.3 is 5.69 Å². The Bertz CT molecular complexity index is 802. The Morgan fingerprint density at radius 2 is 1.96 bits per heavy atom. The first-order valence-electron chi connectivity index (χ1n) is 7.16. The molecule has 1 N–H and O–H groups in total. The van der Waals surface area contributed by atoms with Crippen LogP contribution in [0.3, 0.4) is 0 Å². The third-order valence-electron chi connectivity index (χ3n) is 3.46. The Labute approximate surface area is 144 Å². The molecule has 0 aliphatic carbocycles. The van der Waals surface area contributed by atoms with E-state index in [-0.39, 0.29) is 5.91 Å². The average molecular weight is 354 g/mol. The molecular weight excluding hydrogens is 337 g/mol. The molecule has 0 saturated carbocycles. The lowest BCUT2D eigenvalue weighted by molar-refractivity contribution is -0.119. The van der Waals surface area contributed by atoms with Crippen LogP contribution in [0.2, 0.25) is 10.0 Å². The minimum absolute atomic E-state index is 0.304. The summed E-state index contributed by atoms with van der Waals surface area (Å²) in [5, 5.41) is 3.52. The predicted octanol–water partition coefficient (Wildman–Crippen LogP) is 3.76. The summed E-state index contributed by atoms with van der Waals surface area (Å²) in [5.74, 6) is -0.304. The fraction of sp³-hybridized carbons (Fsp3) is 0.312. The van der Waals surface area contributed by atoms with Gasteiger partial charge in [-0.3, -0.25) is 9.36 Å². The number of halogens is 2. The molecule has 122 valence electrons. The van der Waals surface area contributed by atoms with Crippen LogP contribution in [-0.2, 0) is 4.79 Å². The Morgan fingerprint density at radius 3 is 2.52 bits per heavy atom. The third-order valence-corrected chi connectivity index (χ3v) is 4.20. The van der Waals surface area contributed by atoms with E-state index >= 15 is 0 Å². The van der Waals surface area contributed by atoms with Crippen LogP contribution in [0, 0.1) is 13.8 Å². The first kappa shape index (κ1) is 17.5. The van der Waals surface area contributed by atoms with Crippen LogP contribution in [0.15, 0.2) is 29.1 Å². The van der Waals surface area contributed by atoms with E-state index in [0.29, 0.717) is 33.5 Å². The summed E-state index contributed by atoms with van der Waals surface area (Å²) in [6.45, 7) is 5.37. The highest BCUT2D eigenvalue weighted by Gasteiger charge is 2.22. The number of rotatable bonds is 4. The molecule has 1 amide bonds. The van der Waals surface area contributed by atoms with E-state index in [1.54, 1.807) is 38.1 Å². The number of hydrogen-bond acceptors (Lipinski definition) is 3. The van der Waals surface area contributed by atoms with Crippen molar-refractivity contribution in [2.75, 3.05) is 5.32 Å². The number of amides is 1. The van der Waals surface area contributed by atoms with Crippen molar-refractivity contribution in [2.45, 2.75) is 33.2 Å². The molecule has 1 aromatic heterocycles. The molecule has 0 fully saturated rings. The smallest absolute Gasteiger partial charge is 0.324 e. The summed E-state index contributed by atoms with van der Waals surface area (Å²) in [7, 11) is 0. The van der Waals surface area contributed by atoms with Crippen LogP contribution in [0.1, 0.15) is 30.8 Å². The minimum Gasteiger partial charge on any atom is -0.324 e. The van der Waals surface area contributed by atoms with E-state index < -0.39 is 11.7 Å². The van der Waals surface area contributed by atoms with E-state index in [1.807, 2.05) is 6.92 Å². The van der Waals surface area contributed by atoms with Crippen LogP contribution in [0.4, 0.5) is 5.69 Å². The van der Waals surface area contributed by atoms with Gasteiger partial charge in [0, 0.05) is 17.1 Å². The molecule has 2 aromatic rings. The van der Waals surface area contributed by atoms with Gasteiger partial charge in [0.1, 0.15) is 6.04 Å². The summed E-state index contributed by atoms with van der Waals surface area (Å²) < 4.78 is 1.40. The minimum atomic E-state index is -0.648. The number of nitrogens with zero attached hydrogens (tertiary/aromatic N) is 2. The SMILES string of the molecule is CCC(C(=O)Nc1ccc(Cl)c(Cl)c1)n1c(C)cc(C)nc1=O. The van der Waals surface area contributed by atoms with E-state index in [0.717, 1.165) is 0 Å². The molecule has 0 aliphatic rings. The van der Waals surface area contributed by atoms with Crippen LogP contribution in [0.5, 0.6) is 0 Å². The topological polar surface area (TPSA) is 64.0 Å². The quantitative estimate of drug-likeness (QED) is 0.909. The monoisotopic (exact) mass is 353 g/mol. The zero-order valence-electron chi connectivity index (χ0n) is 13.1. The fourth-order valence-electron chi connectivity index (χ4n) is 2.42. The van der Waals surface area contributed by atoms with Gasteiger partial charge in [0.25, 0.3) is 0 Å². The molecule has 1 heterocycles. The van der Waals surface area contributed by atoms with Crippen molar-refractivity contribution in [2.24, 2.45) is 0 Å². The molecule has 1 atom stereocenters. The molecule has 0 bridgehead atoms. The van der Waals surface area contributed by atoms with Crippen molar-refractivity contribution >= 4 is 34.8 Å². The van der Waals surface area contributed by atoms with Crippen LogP contribution in [-0.4, -0.2) is 15.5 Å². The number of carbonyl (C=O) groups excluding carboxylic acids is 1. The number of aryl methyl sites for hydroxylation is 2. The molecule has 7 heteroatoms. The molecule has 5 nitrogen and oxygen atoms in total. The number of nitrogens with one attached hydrogen (secondary N) is 1. The standard InChI is InChI=1S/C16H17Cl2N3O2/c1-4-14(21-10(3)7-9(2)19-16(21)23)15(22)20-11-5-6-12(17)13(18)8-11/h5-8,14H,4H2,1-3H3,(H,20,22). The Kier molecular flexibility index (Phi) is 5.44. The van der Waals surface area contributed by atoms with Gasteiger partial charge in [0.15, 0.2) is 0 Å². The van der Waals surface area contributed by atoms with E-state index in [1.165, 1.54) is 4.57 Å². The van der Waals surface area contributed by atoms with Crippen molar-refractivity contribution in [3.8, 4) is 0 Å². The lowest BCUT2D eigenvalue weighted by atomic mass is 10.1. The zero-order valence-corrected chi connectivity index (χ0v) is 14.6. The molecule has 23 heavy (non-hydrogen) atoms. The lowest BCUT2D eigenvalue weighted by Crippen LogP contribution is -2.36. The number of anilines is 1. The number of carbonyl (C=O) groups is 1. The third kappa shape index (κ3) is 3.92. The summed E-state index contributed by atoms with van der Waals surface area (Å²) >= 11 is 11.8. The van der Waals surface area contributed by atoms with E-state index in [2.05, 4.69) is 10.3 Å². The molecule has 1 aromatic carbocycles. The Morgan fingerprint density at radius 1 is 1.26 bits per heavy atom. The van der Waals surface area contributed by atoms with Gasteiger partial charge in [-0.25, -0.2) is 4.79 Å². The lowest BCUT2D eigenvalue weighted by Gasteiger charge is -2.20. The van der Waals surface area contributed by atoms with Crippen LogP contribution >= 0.6 is 23.2 Å². The predicted molar refractivity (Wildman–Crippen MR) is 92.4 cm³/mol. The van der Waals surface area contributed by atoms with Crippen molar-refractivity contribution in [3.05, 3.63) is 56.2 Å². The van der Waals surface area contributed by atoms with Gasteiger partial charge in [-0.05, 0) is 44.5 Å². The average Bonchev–Trinajstić information content (AvgIpc) is 2.46. The summed E-state index contributed by atoms with van der Waals surface area (Å²) in [5.41, 5.74) is 1.41. The second-order valence-corrected chi connectivity index (χ2v) is 6.05. The highest BCUT2D eigenvalue weighted by atomic mass is 35.5. The normalized spacial score (nSPS) is 12.0. The number of hydrogen-bond donors (Lipinski definition) is 1. The van der Waals surface area contributed by atoms with Gasteiger partial charge < -0.3 is 5.32 Å². The second kappa shape index (κ2) is 7.15. The summed E-state index contributed by atoms with van der Waals surface area (Å²) in [6, 6.07) is 5.95. The largest absolute Gasteiger partial charge is 0.348 e. The van der Waals surface area contributed by atoms with E-state index in [9.17, 15) is 9.59 Å². The fourth-order valence-corrected chi connectivity index (χ4v) is 2.72. The molecule has 1 unspecified atom stereocenters. The van der Waals surface area contributed by atoms with Gasteiger partial charge in [-0.15, -0.1) is 0 Å². The van der Waals surface area contributed by atoms with Gasteiger partial charge in [-0.2, -0.15) is 4.98 Å². The molecule has 2 rings (SSSR count). The van der Waals surface area contributed by atoms with Crippen LogP contribution < -0.4 is 11.0 Å². The van der Waals surface area contributed by atoms with Gasteiger partial charge in [0.2, 0.25) is 5.91 Å². The van der Waals surface area contributed by atoms with Crippen molar-refractivity contribution in [1.82, 2.24) is 9.55 Å². The first-order valence-corrected chi connectivity index (χ1v) is 7.91. The van der Waals surface area contributed by atoms with Crippen molar-refractivity contribution in [3.63, 3.8) is 0 Å². The first-order chi connectivity index (χ1) is 10.8. The highest BCUT2D eigenvalue weighted by molar-refractivity contribution is 6.42.